The zero-order valence-corrected chi connectivity index (χ0v) is 11.1. The molecule has 2 N–H and O–H groups in total. The number of hydrogen-bond acceptors (Lipinski definition) is 3. The van der Waals surface area contributed by atoms with Crippen molar-refractivity contribution in [1.82, 2.24) is 0 Å². The molecular weight excluding hydrogens is 226 g/mol. The summed E-state index contributed by atoms with van der Waals surface area (Å²) in [6, 6.07) is 7.83. The van der Waals surface area contributed by atoms with Crippen LogP contribution in [0.4, 0.5) is 0 Å². The van der Waals surface area contributed by atoms with Crippen molar-refractivity contribution in [3.05, 3.63) is 24.3 Å². The van der Waals surface area contributed by atoms with Crippen LogP contribution in [0, 0.1) is 5.92 Å². The van der Waals surface area contributed by atoms with Crippen molar-refractivity contribution in [1.29, 1.82) is 0 Å². The third-order valence-electron chi connectivity index (χ3n) is 3.74. The predicted molar refractivity (Wildman–Crippen MR) is 73.0 cm³/mol. The van der Waals surface area contributed by atoms with Crippen molar-refractivity contribution in [2.45, 2.75) is 38.1 Å². The van der Waals surface area contributed by atoms with Gasteiger partial charge in [-0.05, 0) is 30.9 Å². The molecule has 0 bridgehead atoms. The lowest BCUT2D eigenvalue weighted by Gasteiger charge is -2.27. The van der Waals surface area contributed by atoms with Gasteiger partial charge in [-0.25, -0.2) is 0 Å². The summed E-state index contributed by atoms with van der Waals surface area (Å²) in [6.07, 6.45) is 6.50. The molecule has 3 heteroatoms. The quantitative estimate of drug-likeness (QED) is 0.872. The Morgan fingerprint density at radius 2 is 1.94 bits per heavy atom. The van der Waals surface area contributed by atoms with Crippen LogP contribution in [0.25, 0.3) is 0 Å². The average molecular weight is 249 g/mol. The van der Waals surface area contributed by atoms with Gasteiger partial charge in [-0.1, -0.05) is 25.3 Å². The fraction of sp³-hybridized carbons (Fsp3) is 0.600. The van der Waals surface area contributed by atoms with Crippen LogP contribution in [-0.2, 0) is 0 Å². The van der Waals surface area contributed by atoms with E-state index in [1.54, 1.807) is 7.11 Å². The fourth-order valence-electron chi connectivity index (χ4n) is 2.58. The molecule has 0 aliphatic heterocycles. The number of benzene rings is 1. The second kappa shape index (κ2) is 6.64. The lowest BCUT2D eigenvalue weighted by molar-refractivity contribution is 0.213. The molecule has 2 rings (SSSR count). The van der Waals surface area contributed by atoms with E-state index >= 15 is 0 Å². The Bertz CT molecular complexity index is 361. The van der Waals surface area contributed by atoms with E-state index in [-0.39, 0.29) is 6.04 Å². The smallest absolute Gasteiger partial charge is 0.123 e. The Balaban J connectivity index is 1.82. The molecular formula is C15H23NO2. The molecule has 0 spiro atoms. The molecule has 0 amide bonds. The van der Waals surface area contributed by atoms with Gasteiger partial charge >= 0.3 is 0 Å². The van der Waals surface area contributed by atoms with E-state index < -0.39 is 0 Å². The second-order valence-corrected chi connectivity index (χ2v) is 5.05. The molecule has 3 nitrogen and oxygen atoms in total. The molecule has 1 fully saturated rings. The number of methoxy groups -OCH3 is 1. The first-order valence-corrected chi connectivity index (χ1v) is 6.82. The highest BCUT2D eigenvalue weighted by atomic mass is 16.5. The molecule has 100 valence electrons. The van der Waals surface area contributed by atoms with Crippen LogP contribution < -0.4 is 15.2 Å². The van der Waals surface area contributed by atoms with Gasteiger partial charge in [0.15, 0.2) is 0 Å². The van der Waals surface area contributed by atoms with Gasteiger partial charge < -0.3 is 15.2 Å². The first kappa shape index (κ1) is 13.2. The molecule has 1 aliphatic rings. The molecule has 0 saturated heterocycles. The first-order chi connectivity index (χ1) is 8.79. The lowest BCUT2D eigenvalue weighted by atomic mass is 9.84. The zero-order valence-electron chi connectivity index (χ0n) is 11.1. The van der Waals surface area contributed by atoms with Crippen molar-refractivity contribution < 1.29 is 9.47 Å². The minimum atomic E-state index is 0.150. The summed E-state index contributed by atoms with van der Waals surface area (Å²) in [5.41, 5.74) is 6.21. The Kier molecular flexibility index (Phi) is 4.88. The van der Waals surface area contributed by atoms with Crippen LogP contribution >= 0.6 is 0 Å². The molecule has 1 aromatic carbocycles. The summed E-state index contributed by atoms with van der Waals surface area (Å²) in [4.78, 5) is 0. The highest BCUT2D eigenvalue weighted by Gasteiger charge is 2.20. The summed E-state index contributed by atoms with van der Waals surface area (Å²) in [6.45, 7) is 0.595. The molecule has 1 atom stereocenters. The lowest BCUT2D eigenvalue weighted by Crippen LogP contribution is -2.37. The molecule has 1 aromatic rings. The standard InChI is InChI=1S/C15H23NO2/c1-17-13-8-5-9-14(10-13)18-11-15(16)12-6-3-2-4-7-12/h5,8-10,12,15H,2-4,6-7,11,16H2,1H3. The summed E-state index contributed by atoms with van der Waals surface area (Å²) in [7, 11) is 1.66. The molecule has 1 unspecified atom stereocenters. The van der Waals surface area contributed by atoms with Gasteiger partial charge in [0.1, 0.15) is 18.1 Å². The molecule has 1 saturated carbocycles. The van der Waals surface area contributed by atoms with E-state index in [1.807, 2.05) is 24.3 Å². The van der Waals surface area contributed by atoms with Gasteiger partial charge in [0.2, 0.25) is 0 Å². The van der Waals surface area contributed by atoms with E-state index in [1.165, 1.54) is 32.1 Å². The summed E-state index contributed by atoms with van der Waals surface area (Å²) >= 11 is 0. The van der Waals surface area contributed by atoms with Gasteiger partial charge in [-0.2, -0.15) is 0 Å². The van der Waals surface area contributed by atoms with Gasteiger partial charge in [0.05, 0.1) is 7.11 Å². The largest absolute Gasteiger partial charge is 0.497 e. The van der Waals surface area contributed by atoms with Crippen LogP contribution in [0.1, 0.15) is 32.1 Å². The molecule has 0 aromatic heterocycles. The summed E-state index contributed by atoms with van der Waals surface area (Å²) < 4.78 is 10.9. The van der Waals surface area contributed by atoms with E-state index in [0.717, 1.165) is 11.5 Å². The minimum absolute atomic E-state index is 0.150. The van der Waals surface area contributed by atoms with Crippen LogP contribution in [0.3, 0.4) is 0 Å². The number of nitrogens with two attached hydrogens (primary N) is 1. The maximum atomic E-state index is 6.21. The van der Waals surface area contributed by atoms with Crippen molar-refractivity contribution in [3.8, 4) is 11.5 Å². The number of rotatable bonds is 5. The highest BCUT2D eigenvalue weighted by Crippen LogP contribution is 2.26. The van der Waals surface area contributed by atoms with Gasteiger partial charge in [0, 0.05) is 12.1 Å². The molecule has 18 heavy (non-hydrogen) atoms. The van der Waals surface area contributed by atoms with E-state index in [4.69, 9.17) is 15.2 Å². The maximum absolute atomic E-state index is 6.21. The second-order valence-electron chi connectivity index (χ2n) is 5.05. The fourth-order valence-corrected chi connectivity index (χ4v) is 2.58. The first-order valence-electron chi connectivity index (χ1n) is 6.82. The van der Waals surface area contributed by atoms with Crippen molar-refractivity contribution in [2.75, 3.05) is 13.7 Å². The number of ether oxygens (including phenoxy) is 2. The third-order valence-corrected chi connectivity index (χ3v) is 3.74. The third kappa shape index (κ3) is 3.64. The van der Waals surface area contributed by atoms with Gasteiger partial charge in [-0.3, -0.25) is 0 Å². The topological polar surface area (TPSA) is 44.5 Å². The zero-order chi connectivity index (χ0) is 12.8. The Morgan fingerprint density at radius 1 is 1.22 bits per heavy atom. The molecule has 0 radical (unpaired) electrons. The molecule has 1 aliphatic carbocycles. The Morgan fingerprint density at radius 3 is 2.67 bits per heavy atom. The maximum Gasteiger partial charge on any atom is 0.123 e. The monoisotopic (exact) mass is 249 g/mol. The Hall–Kier alpha value is -1.22. The van der Waals surface area contributed by atoms with E-state index in [0.29, 0.717) is 12.5 Å². The SMILES string of the molecule is COc1cccc(OCC(N)C2CCCCC2)c1. The summed E-state index contributed by atoms with van der Waals surface area (Å²) in [5, 5.41) is 0. The highest BCUT2D eigenvalue weighted by molar-refractivity contribution is 5.32. The van der Waals surface area contributed by atoms with Crippen LogP contribution in [0.15, 0.2) is 24.3 Å². The normalized spacial score (nSPS) is 18.3. The van der Waals surface area contributed by atoms with Gasteiger partial charge in [-0.15, -0.1) is 0 Å². The average Bonchev–Trinajstić information content (AvgIpc) is 2.46. The number of hydrogen-bond donors (Lipinski definition) is 1. The minimum Gasteiger partial charge on any atom is -0.497 e. The van der Waals surface area contributed by atoms with Crippen molar-refractivity contribution in [2.24, 2.45) is 11.7 Å². The summed E-state index contributed by atoms with van der Waals surface area (Å²) in [5.74, 6) is 2.28. The Labute approximate surface area is 109 Å². The van der Waals surface area contributed by atoms with Crippen molar-refractivity contribution >= 4 is 0 Å². The van der Waals surface area contributed by atoms with Crippen LogP contribution in [-0.4, -0.2) is 19.8 Å². The predicted octanol–water partition coefficient (Wildman–Crippen LogP) is 2.98. The van der Waals surface area contributed by atoms with Crippen LogP contribution in [0.2, 0.25) is 0 Å². The van der Waals surface area contributed by atoms with Gasteiger partial charge in [0.25, 0.3) is 0 Å². The molecule has 0 heterocycles. The van der Waals surface area contributed by atoms with E-state index in [2.05, 4.69) is 0 Å². The van der Waals surface area contributed by atoms with Crippen molar-refractivity contribution in [3.63, 3.8) is 0 Å². The van der Waals surface area contributed by atoms with Crippen LogP contribution in [0.5, 0.6) is 11.5 Å². The van der Waals surface area contributed by atoms with E-state index in [9.17, 15) is 0 Å².